The molecule has 0 aliphatic heterocycles. The molecule has 3 rings (SSSR count). The van der Waals surface area contributed by atoms with E-state index in [4.69, 9.17) is 4.74 Å². The minimum absolute atomic E-state index is 0.0421. The topological polar surface area (TPSA) is 134 Å². The monoisotopic (exact) mass is 548 g/mol. The number of amides is 4. The highest BCUT2D eigenvalue weighted by Crippen LogP contribution is 2.23. The van der Waals surface area contributed by atoms with Crippen LogP contribution in [0.3, 0.4) is 0 Å². The molecule has 1 aliphatic rings. The first-order valence-electron chi connectivity index (χ1n) is 12.1. The van der Waals surface area contributed by atoms with Gasteiger partial charge in [-0.05, 0) is 56.5 Å². The number of aryl methyl sites for hydroxylation is 1. The minimum atomic E-state index is -4.05. The molecule has 1 saturated carbocycles. The normalized spacial score (nSPS) is 13.9. The molecule has 0 atom stereocenters. The van der Waals surface area contributed by atoms with Gasteiger partial charge in [-0.3, -0.25) is 4.72 Å². The van der Waals surface area contributed by atoms with Crippen molar-refractivity contribution in [1.29, 1.82) is 0 Å². The number of anilines is 1. The third kappa shape index (κ3) is 8.39. The van der Waals surface area contributed by atoms with Gasteiger partial charge in [-0.25, -0.2) is 27.5 Å². The quantitative estimate of drug-likeness (QED) is 0.210. The Bertz CT molecular complexity index is 1200. The fourth-order valence-corrected chi connectivity index (χ4v) is 5.20. The number of hydrogen-bond acceptors (Lipinski definition) is 7. The maximum atomic E-state index is 12.5. The minimum Gasteiger partial charge on any atom is -0.462 e. The molecule has 10 nitrogen and oxygen atoms in total. The molecule has 0 saturated heterocycles. The first kappa shape index (κ1) is 28.3. The van der Waals surface area contributed by atoms with Crippen molar-refractivity contribution in [2.24, 2.45) is 0 Å². The van der Waals surface area contributed by atoms with Gasteiger partial charge in [-0.15, -0.1) is 0 Å². The van der Waals surface area contributed by atoms with Crippen LogP contribution < -0.4 is 14.8 Å². The van der Waals surface area contributed by atoms with Crippen molar-refractivity contribution in [1.82, 2.24) is 14.3 Å². The molecule has 37 heavy (non-hydrogen) atoms. The summed E-state index contributed by atoms with van der Waals surface area (Å²) in [7, 11) is -4.05. The number of nitrogens with zero attached hydrogens (tertiary/aromatic N) is 1. The largest absolute Gasteiger partial charge is 0.462 e. The number of thiol groups is 1. The highest BCUT2D eigenvalue weighted by molar-refractivity contribution is 7.90. The summed E-state index contributed by atoms with van der Waals surface area (Å²) in [6, 6.07) is 11.0. The number of rotatable bonds is 9. The van der Waals surface area contributed by atoms with Gasteiger partial charge in [0.25, 0.3) is 10.0 Å². The molecule has 0 unspecified atom stereocenters. The van der Waals surface area contributed by atoms with Gasteiger partial charge >= 0.3 is 18.0 Å². The SMILES string of the molecule is Cc1ccc(S(=O)(=O)NC(=O)Nc2cccc(C(=O)OCCCN(C(=O)NS)C3CCCCC3)c2)cc1. The van der Waals surface area contributed by atoms with E-state index >= 15 is 0 Å². The fourth-order valence-electron chi connectivity index (χ4n) is 4.17. The second-order valence-electron chi connectivity index (χ2n) is 8.85. The van der Waals surface area contributed by atoms with Gasteiger partial charge in [-0.1, -0.05) is 55.8 Å². The van der Waals surface area contributed by atoms with Gasteiger partial charge in [0.05, 0.1) is 17.1 Å². The molecule has 0 radical (unpaired) electrons. The van der Waals surface area contributed by atoms with Crippen LogP contribution in [0.1, 0.15) is 54.4 Å². The number of ether oxygens (including phenoxy) is 1. The lowest BCUT2D eigenvalue weighted by molar-refractivity contribution is 0.0486. The van der Waals surface area contributed by atoms with E-state index in [0.717, 1.165) is 31.2 Å². The lowest BCUT2D eigenvalue weighted by Gasteiger charge is -2.33. The van der Waals surface area contributed by atoms with Crippen LogP contribution in [-0.4, -0.2) is 50.5 Å². The van der Waals surface area contributed by atoms with Crippen molar-refractivity contribution in [3.8, 4) is 0 Å². The van der Waals surface area contributed by atoms with Crippen molar-refractivity contribution in [3.05, 3.63) is 59.7 Å². The highest BCUT2D eigenvalue weighted by Gasteiger charge is 2.24. The van der Waals surface area contributed by atoms with Crippen LogP contribution in [0.4, 0.5) is 15.3 Å². The molecule has 200 valence electrons. The molecule has 0 heterocycles. The summed E-state index contributed by atoms with van der Waals surface area (Å²) in [5.41, 5.74) is 1.30. The maximum absolute atomic E-state index is 12.5. The second-order valence-corrected chi connectivity index (χ2v) is 10.8. The Labute approximate surface area is 222 Å². The summed E-state index contributed by atoms with van der Waals surface area (Å²) in [5.74, 6) is -0.598. The predicted octanol–water partition coefficient (Wildman–Crippen LogP) is 4.24. The van der Waals surface area contributed by atoms with Crippen LogP contribution in [0.2, 0.25) is 0 Å². The number of carbonyl (C=O) groups is 3. The van der Waals surface area contributed by atoms with Crippen LogP contribution in [0.25, 0.3) is 0 Å². The van der Waals surface area contributed by atoms with Crippen LogP contribution in [-0.2, 0) is 14.8 Å². The standard InChI is InChI=1S/C25H32N4O6S2/c1-18-11-13-22(14-12-18)37(33,34)28-24(31)26-20-8-5-7-19(17-20)23(30)35-16-6-15-29(25(32)27-36)21-9-3-2-4-10-21/h5,7-8,11-14,17,21,36H,2-4,6,9-10,15-16H2,1H3,(H,27,32)(H2,26,28,31). The van der Waals surface area contributed by atoms with Crippen molar-refractivity contribution >= 4 is 46.6 Å². The molecule has 3 N–H and O–H groups in total. The van der Waals surface area contributed by atoms with Gasteiger partial charge < -0.3 is 15.0 Å². The smallest absolute Gasteiger partial charge is 0.338 e. The predicted molar refractivity (Wildman–Crippen MR) is 143 cm³/mol. The van der Waals surface area contributed by atoms with Crippen LogP contribution in [0, 0.1) is 6.92 Å². The zero-order valence-corrected chi connectivity index (χ0v) is 22.3. The molecule has 2 aromatic carbocycles. The summed E-state index contributed by atoms with van der Waals surface area (Å²) in [5, 5.41) is 2.42. The molecular weight excluding hydrogens is 516 g/mol. The first-order chi connectivity index (χ1) is 17.7. The zero-order chi connectivity index (χ0) is 26.8. The number of carbonyl (C=O) groups excluding carboxylic acids is 3. The van der Waals surface area contributed by atoms with E-state index in [-0.39, 0.29) is 34.8 Å². The first-order valence-corrected chi connectivity index (χ1v) is 14.0. The van der Waals surface area contributed by atoms with Gasteiger partial charge in [0.1, 0.15) is 0 Å². The number of urea groups is 2. The van der Waals surface area contributed by atoms with E-state index in [2.05, 4.69) is 22.9 Å². The van der Waals surface area contributed by atoms with Gasteiger partial charge in [-0.2, -0.15) is 0 Å². The third-order valence-corrected chi connectivity index (χ3v) is 7.60. The molecule has 4 amide bonds. The van der Waals surface area contributed by atoms with Gasteiger partial charge in [0.2, 0.25) is 0 Å². The third-order valence-electron chi connectivity index (χ3n) is 6.06. The molecule has 2 aromatic rings. The molecule has 1 fully saturated rings. The lowest BCUT2D eigenvalue weighted by Crippen LogP contribution is -2.45. The number of nitrogens with one attached hydrogen (secondary N) is 3. The van der Waals surface area contributed by atoms with E-state index in [1.807, 2.05) is 11.6 Å². The fraction of sp³-hybridized carbons (Fsp3) is 0.400. The highest BCUT2D eigenvalue weighted by atomic mass is 32.2. The summed E-state index contributed by atoms with van der Waals surface area (Å²) in [4.78, 5) is 38.7. The van der Waals surface area contributed by atoms with Crippen molar-refractivity contribution in [3.63, 3.8) is 0 Å². The van der Waals surface area contributed by atoms with Crippen molar-refractivity contribution < 1.29 is 27.5 Å². The maximum Gasteiger partial charge on any atom is 0.338 e. The van der Waals surface area contributed by atoms with Gasteiger partial charge in [0, 0.05) is 18.3 Å². The van der Waals surface area contributed by atoms with Crippen LogP contribution >= 0.6 is 12.8 Å². The van der Waals surface area contributed by atoms with E-state index < -0.39 is 22.0 Å². The molecule has 0 aromatic heterocycles. The summed E-state index contributed by atoms with van der Waals surface area (Å²) >= 11 is 3.88. The Morgan fingerprint density at radius 1 is 1.05 bits per heavy atom. The lowest BCUT2D eigenvalue weighted by atomic mass is 9.94. The van der Waals surface area contributed by atoms with E-state index in [1.54, 1.807) is 23.1 Å². The molecular formula is C25H32N4O6S2. The Morgan fingerprint density at radius 3 is 2.43 bits per heavy atom. The average Bonchev–Trinajstić information content (AvgIpc) is 2.88. The van der Waals surface area contributed by atoms with E-state index in [9.17, 15) is 22.8 Å². The molecule has 0 bridgehead atoms. The molecule has 1 aliphatic carbocycles. The second kappa shape index (κ2) is 13.3. The number of benzene rings is 2. The van der Waals surface area contributed by atoms with Crippen molar-refractivity contribution in [2.75, 3.05) is 18.5 Å². The zero-order valence-electron chi connectivity index (χ0n) is 20.6. The Morgan fingerprint density at radius 2 is 1.76 bits per heavy atom. The number of sulfonamides is 1. The van der Waals surface area contributed by atoms with Crippen LogP contribution in [0.15, 0.2) is 53.4 Å². The molecule has 0 spiro atoms. The van der Waals surface area contributed by atoms with E-state index in [0.29, 0.717) is 13.0 Å². The Kier molecular flexibility index (Phi) is 10.2. The van der Waals surface area contributed by atoms with Crippen molar-refractivity contribution in [2.45, 2.75) is 56.4 Å². The van der Waals surface area contributed by atoms with Gasteiger partial charge in [0.15, 0.2) is 0 Å². The number of hydrogen-bond donors (Lipinski definition) is 4. The summed E-state index contributed by atoms with van der Waals surface area (Å²) in [6.45, 7) is 2.36. The summed E-state index contributed by atoms with van der Waals surface area (Å²) in [6.07, 6.45) is 5.68. The Hall–Kier alpha value is -3.25. The molecule has 12 heteroatoms. The van der Waals surface area contributed by atoms with Crippen LogP contribution in [0.5, 0.6) is 0 Å². The number of esters is 1. The Balaban J connectivity index is 1.50. The average molecular weight is 549 g/mol. The van der Waals surface area contributed by atoms with E-state index in [1.165, 1.54) is 36.8 Å². The summed E-state index contributed by atoms with van der Waals surface area (Å²) < 4.78 is 34.5.